The van der Waals surface area contributed by atoms with Gasteiger partial charge in [-0.25, -0.2) is 0 Å². The largest absolute Gasteiger partial charge is 0.356 e. The number of nitrogens with zero attached hydrogens (tertiary/aromatic N) is 2. The Hall–Kier alpha value is -1.73. The normalized spacial score (nSPS) is 10.7. The molecule has 2 aromatic rings. The molecular formula is C14H20N4O2S. The number of nitrogens with one attached hydrogen (secondary N) is 2. The van der Waals surface area contributed by atoms with Crippen LogP contribution < -0.4 is 10.6 Å². The zero-order chi connectivity index (χ0) is 14.9. The van der Waals surface area contributed by atoms with Gasteiger partial charge in [-0.3, -0.25) is 4.79 Å². The Morgan fingerprint density at radius 2 is 2.29 bits per heavy atom. The SMILES string of the molecule is CNCCCNC(=O)CCCc1nc(-c2cccs2)no1. The molecule has 0 aromatic carbocycles. The van der Waals surface area contributed by atoms with Crippen molar-refractivity contribution >= 4 is 17.2 Å². The molecule has 0 radical (unpaired) electrons. The van der Waals surface area contributed by atoms with E-state index < -0.39 is 0 Å². The summed E-state index contributed by atoms with van der Waals surface area (Å²) in [5, 5.41) is 11.8. The maximum Gasteiger partial charge on any atom is 0.226 e. The zero-order valence-corrected chi connectivity index (χ0v) is 12.9. The van der Waals surface area contributed by atoms with E-state index in [1.165, 1.54) is 0 Å². The summed E-state index contributed by atoms with van der Waals surface area (Å²) >= 11 is 1.58. The monoisotopic (exact) mass is 308 g/mol. The Morgan fingerprint density at radius 3 is 3.05 bits per heavy atom. The molecule has 2 aromatic heterocycles. The second-order valence-corrected chi connectivity index (χ2v) is 5.60. The summed E-state index contributed by atoms with van der Waals surface area (Å²) in [6.07, 6.45) is 2.76. The maximum absolute atomic E-state index is 11.6. The van der Waals surface area contributed by atoms with Gasteiger partial charge in [0, 0.05) is 19.4 Å². The van der Waals surface area contributed by atoms with E-state index in [9.17, 15) is 4.79 Å². The lowest BCUT2D eigenvalue weighted by molar-refractivity contribution is -0.121. The molecule has 0 aliphatic carbocycles. The lowest BCUT2D eigenvalue weighted by Gasteiger charge is -2.03. The number of carbonyl (C=O) groups is 1. The summed E-state index contributed by atoms with van der Waals surface area (Å²) in [5.41, 5.74) is 0. The molecule has 0 aliphatic heterocycles. The molecule has 0 saturated carbocycles. The first kappa shape index (κ1) is 15.7. The van der Waals surface area contributed by atoms with Crippen LogP contribution in [0.2, 0.25) is 0 Å². The number of aromatic nitrogens is 2. The van der Waals surface area contributed by atoms with Gasteiger partial charge in [0.15, 0.2) is 0 Å². The van der Waals surface area contributed by atoms with E-state index in [0.29, 0.717) is 37.5 Å². The third-order valence-electron chi connectivity index (χ3n) is 2.93. The highest BCUT2D eigenvalue weighted by Gasteiger charge is 2.09. The van der Waals surface area contributed by atoms with Crippen LogP contribution in [-0.2, 0) is 11.2 Å². The molecule has 0 bridgehead atoms. The number of aryl methyl sites for hydroxylation is 1. The molecular weight excluding hydrogens is 288 g/mol. The van der Waals surface area contributed by atoms with Crippen LogP contribution in [0.3, 0.4) is 0 Å². The number of carbonyl (C=O) groups excluding carboxylic acids is 1. The fraction of sp³-hybridized carbons (Fsp3) is 0.500. The van der Waals surface area contributed by atoms with Crippen LogP contribution in [-0.4, -0.2) is 36.2 Å². The molecule has 21 heavy (non-hydrogen) atoms. The van der Waals surface area contributed by atoms with E-state index in [1.54, 1.807) is 11.3 Å². The Morgan fingerprint density at radius 1 is 1.38 bits per heavy atom. The van der Waals surface area contributed by atoms with Crippen molar-refractivity contribution in [3.05, 3.63) is 23.4 Å². The smallest absolute Gasteiger partial charge is 0.226 e. The van der Waals surface area contributed by atoms with E-state index in [2.05, 4.69) is 20.8 Å². The summed E-state index contributed by atoms with van der Waals surface area (Å²) in [7, 11) is 1.90. The quantitative estimate of drug-likeness (QED) is 0.691. The second kappa shape index (κ2) is 8.53. The minimum Gasteiger partial charge on any atom is -0.356 e. The number of rotatable bonds is 9. The topological polar surface area (TPSA) is 80.0 Å². The first-order chi connectivity index (χ1) is 10.3. The highest BCUT2D eigenvalue weighted by Crippen LogP contribution is 2.21. The highest BCUT2D eigenvalue weighted by molar-refractivity contribution is 7.13. The van der Waals surface area contributed by atoms with Crippen molar-refractivity contribution in [2.45, 2.75) is 25.7 Å². The van der Waals surface area contributed by atoms with E-state index in [1.807, 2.05) is 24.6 Å². The van der Waals surface area contributed by atoms with Crippen molar-refractivity contribution in [2.75, 3.05) is 20.1 Å². The molecule has 6 nitrogen and oxygen atoms in total. The van der Waals surface area contributed by atoms with Crippen LogP contribution in [0.4, 0.5) is 0 Å². The van der Waals surface area contributed by atoms with Gasteiger partial charge in [0.1, 0.15) is 0 Å². The van der Waals surface area contributed by atoms with Gasteiger partial charge in [0.2, 0.25) is 17.6 Å². The van der Waals surface area contributed by atoms with Gasteiger partial charge in [0.25, 0.3) is 0 Å². The molecule has 0 atom stereocenters. The molecule has 0 fully saturated rings. The first-order valence-electron chi connectivity index (χ1n) is 7.07. The van der Waals surface area contributed by atoms with Crippen molar-refractivity contribution in [3.63, 3.8) is 0 Å². The number of hydrogen-bond donors (Lipinski definition) is 2. The minimum atomic E-state index is 0.0732. The van der Waals surface area contributed by atoms with Crippen molar-refractivity contribution < 1.29 is 9.32 Å². The van der Waals surface area contributed by atoms with E-state index in [4.69, 9.17) is 4.52 Å². The van der Waals surface area contributed by atoms with Crippen molar-refractivity contribution in [1.29, 1.82) is 0 Å². The van der Waals surface area contributed by atoms with Gasteiger partial charge in [-0.2, -0.15) is 4.98 Å². The molecule has 0 unspecified atom stereocenters. The van der Waals surface area contributed by atoms with Gasteiger partial charge in [0.05, 0.1) is 4.88 Å². The summed E-state index contributed by atoms with van der Waals surface area (Å²) in [4.78, 5) is 16.9. The lowest BCUT2D eigenvalue weighted by Crippen LogP contribution is -2.26. The fourth-order valence-electron chi connectivity index (χ4n) is 1.84. The molecule has 2 N–H and O–H groups in total. The summed E-state index contributed by atoms with van der Waals surface area (Å²) in [5.74, 6) is 1.28. The van der Waals surface area contributed by atoms with Crippen LogP contribution >= 0.6 is 11.3 Å². The standard InChI is InChI=1S/C14H20N4O2S/c1-15-8-4-9-16-12(19)6-2-7-13-17-14(18-20-13)11-5-3-10-21-11/h3,5,10,15H,2,4,6-9H2,1H3,(H,16,19). The molecule has 7 heteroatoms. The van der Waals surface area contributed by atoms with Crippen molar-refractivity contribution in [1.82, 2.24) is 20.8 Å². The fourth-order valence-corrected chi connectivity index (χ4v) is 2.49. The van der Waals surface area contributed by atoms with Gasteiger partial charge >= 0.3 is 0 Å². The Balaban J connectivity index is 1.66. The summed E-state index contributed by atoms with van der Waals surface area (Å²) in [6, 6.07) is 3.91. The Labute approximate surface area is 127 Å². The van der Waals surface area contributed by atoms with E-state index in [-0.39, 0.29) is 5.91 Å². The minimum absolute atomic E-state index is 0.0732. The molecule has 0 saturated heterocycles. The molecule has 0 aliphatic rings. The third-order valence-corrected chi connectivity index (χ3v) is 3.80. The lowest BCUT2D eigenvalue weighted by atomic mass is 10.2. The maximum atomic E-state index is 11.6. The Bertz CT molecular complexity index is 539. The Kier molecular flexibility index (Phi) is 6.36. The molecule has 2 heterocycles. The second-order valence-electron chi connectivity index (χ2n) is 4.65. The van der Waals surface area contributed by atoms with Gasteiger partial charge in [-0.05, 0) is 37.9 Å². The van der Waals surface area contributed by atoms with Crippen LogP contribution in [0.5, 0.6) is 0 Å². The van der Waals surface area contributed by atoms with Crippen molar-refractivity contribution in [2.24, 2.45) is 0 Å². The predicted molar refractivity (Wildman–Crippen MR) is 82.1 cm³/mol. The zero-order valence-electron chi connectivity index (χ0n) is 12.1. The summed E-state index contributed by atoms with van der Waals surface area (Å²) in [6.45, 7) is 1.62. The number of hydrogen-bond acceptors (Lipinski definition) is 6. The van der Waals surface area contributed by atoms with Gasteiger partial charge in [-0.1, -0.05) is 11.2 Å². The van der Waals surface area contributed by atoms with Crippen LogP contribution in [0.1, 0.15) is 25.2 Å². The number of thiophene rings is 1. The van der Waals surface area contributed by atoms with E-state index >= 15 is 0 Å². The van der Waals surface area contributed by atoms with Gasteiger partial charge in [-0.15, -0.1) is 11.3 Å². The summed E-state index contributed by atoms with van der Waals surface area (Å²) < 4.78 is 5.19. The van der Waals surface area contributed by atoms with Crippen molar-refractivity contribution in [3.8, 4) is 10.7 Å². The average Bonchev–Trinajstić information content (AvgIpc) is 3.14. The third kappa shape index (κ3) is 5.28. The highest BCUT2D eigenvalue weighted by atomic mass is 32.1. The van der Waals surface area contributed by atoms with Crippen LogP contribution in [0.25, 0.3) is 10.7 Å². The predicted octanol–water partition coefficient (Wildman–Crippen LogP) is 1.85. The number of amides is 1. The first-order valence-corrected chi connectivity index (χ1v) is 7.95. The van der Waals surface area contributed by atoms with E-state index in [0.717, 1.165) is 17.8 Å². The van der Waals surface area contributed by atoms with Crippen LogP contribution in [0, 0.1) is 0 Å². The molecule has 0 spiro atoms. The molecule has 2 rings (SSSR count). The van der Waals surface area contributed by atoms with Crippen LogP contribution in [0.15, 0.2) is 22.0 Å². The molecule has 1 amide bonds. The van der Waals surface area contributed by atoms with Gasteiger partial charge < -0.3 is 15.2 Å². The molecule has 114 valence electrons. The average molecular weight is 308 g/mol.